The average molecular weight is 711 g/mol. The first-order chi connectivity index (χ1) is 24.9. The molecule has 0 atom stereocenters. The van der Waals surface area contributed by atoms with Gasteiger partial charge in [-0.15, -0.1) is 0 Å². The maximum absolute atomic E-state index is 13.1. The van der Waals surface area contributed by atoms with Gasteiger partial charge < -0.3 is 10.6 Å². The summed E-state index contributed by atoms with van der Waals surface area (Å²) in [7, 11) is 0. The van der Waals surface area contributed by atoms with Crippen molar-refractivity contribution in [3.63, 3.8) is 0 Å². The van der Waals surface area contributed by atoms with Crippen LogP contribution in [0.5, 0.6) is 0 Å². The lowest BCUT2D eigenvalue weighted by Gasteiger charge is -2.15. The molecule has 0 amide bonds. The maximum atomic E-state index is 13.1. The number of allylic oxidation sites excluding steroid dienone is 4. The Labute approximate surface area is 298 Å². The molecule has 2 aromatic heterocycles. The van der Waals surface area contributed by atoms with Crippen LogP contribution in [-0.4, -0.2) is 9.97 Å². The van der Waals surface area contributed by atoms with E-state index in [-0.39, 0.29) is 18.3 Å². The Balaban J connectivity index is 0.000000225. The maximum Gasteiger partial charge on any atom is 0.416 e. The van der Waals surface area contributed by atoms with E-state index in [4.69, 9.17) is 0 Å². The van der Waals surface area contributed by atoms with E-state index >= 15 is 0 Å². The lowest BCUT2D eigenvalue weighted by atomic mass is 10.0. The van der Waals surface area contributed by atoms with E-state index in [0.29, 0.717) is 23.5 Å². The molecule has 6 aromatic rings. The van der Waals surface area contributed by atoms with Crippen molar-refractivity contribution in [2.24, 2.45) is 0 Å². The summed E-state index contributed by atoms with van der Waals surface area (Å²) in [4.78, 5) is 9.22. The second-order valence-electron chi connectivity index (χ2n) is 11.8. The van der Waals surface area contributed by atoms with Gasteiger partial charge in [-0.2, -0.15) is 26.3 Å². The fourth-order valence-corrected chi connectivity index (χ4v) is 5.30. The second-order valence-corrected chi connectivity index (χ2v) is 11.8. The summed E-state index contributed by atoms with van der Waals surface area (Å²) in [5, 5.41) is 8.03. The zero-order valence-corrected chi connectivity index (χ0v) is 28.4. The number of hydrogen-bond donors (Lipinski definition) is 2. The summed E-state index contributed by atoms with van der Waals surface area (Å²) in [5.74, 6) is 0. The average Bonchev–Trinajstić information content (AvgIpc) is 3.15. The molecule has 52 heavy (non-hydrogen) atoms. The van der Waals surface area contributed by atoms with Crippen LogP contribution in [-0.2, 0) is 25.4 Å². The third-order valence-corrected chi connectivity index (χ3v) is 7.93. The third kappa shape index (κ3) is 10.3. The molecular formula is C42H36F6N4. The van der Waals surface area contributed by atoms with Gasteiger partial charge in [0.25, 0.3) is 0 Å². The predicted molar refractivity (Wildman–Crippen MR) is 197 cm³/mol. The summed E-state index contributed by atoms with van der Waals surface area (Å²) in [6.45, 7) is 4.78. The van der Waals surface area contributed by atoms with Gasteiger partial charge >= 0.3 is 12.4 Å². The molecule has 0 aliphatic heterocycles. The molecule has 0 saturated carbocycles. The number of pyridine rings is 2. The summed E-state index contributed by atoms with van der Waals surface area (Å²) < 4.78 is 78.4. The lowest BCUT2D eigenvalue weighted by Crippen LogP contribution is -2.12. The van der Waals surface area contributed by atoms with Gasteiger partial charge in [-0.05, 0) is 84.8 Å². The molecule has 0 radical (unpaired) electrons. The van der Waals surface area contributed by atoms with E-state index in [2.05, 4.69) is 51.8 Å². The molecule has 266 valence electrons. The number of nitrogens with zero attached hydrogens (tertiary/aromatic N) is 2. The number of rotatable bonds is 9. The van der Waals surface area contributed by atoms with Crippen molar-refractivity contribution in [1.82, 2.24) is 9.97 Å². The van der Waals surface area contributed by atoms with Crippen LogP contribution in [0, 0.1) is 0 Å². The Hall–Kier alpha value is -5.90. The molecule has 6 rings (SSSR count). The predicted octanol–water partition coefficient (Wildman–Crippen LogP) is 12.2. The minimum atomic E-state index is -4.90. The summed E-state index contributed by atoms with van der Waals surface area (Å²) in [6, 6.07) is 36.5. The summed E-state index contributed by atoms with van der Waals surface area (Å²) in [5.41, 5.74) is 3.33. The number of halogens is 6. The van der Waals surface area contributed by atoms with Gasteiger partial charge in [-0.25, -0.2) is 0 Å². The Morgan fingerprint density at radius 3 is 1.87 bits per heavy atom. The number of anilines is 2. The van der Waals surface area contributed by atoms with E-state index < -0.39 is 23.5 Å². The highest BCUT2D eigenvalue weighted by Crippen LogP contribution is 2.37. The largest absolute Gasteiger partial charge is 0.416 e. The van der Waals surface area contributed by atoms with E-state index in [1.807, 2.05) is 91.9 Å². The Kier molecular flexibility index (Phi) is 12.1. The first kappa shape index (κ1) is 37.4. The van der Waals surface area contributed by atoms with Crippen LogP contribution in [0.2, 0.25) is 0 Å². The van der Waals surface area contributed by atoms with Crippen molar-refractivity contribution < 1.29 is 26.3 Å². The van der Waals surface area contributed by atoms with Crippen LogP contribution in [0.4, 0.5) is 37.7 Å². The molecule has 0 bridgehead atoms. The number of para-hydroxylation sites is 1. The molecule has 4 aromatic carbocycles. The van der Waals surface area contributed by atoms with E-state index in [0.717, 1.165) is 40.0 Å². The first-order valence-electron chi connectivity index (χ1n) is 16.4. The van der Waals surface area contributed by atoms with Crippen molar-refractivity contribution >= 4 is 27.7 Å². The number of fused-ring (bicyclic) bond motifs is 1. The minimum Gasteiger partial charge on any atom is -0.379 e. The van der Waals surface area contributed by atoms with Crippen LogP contribution in [0.1, 0.15) is 42.1 Å². The quantitative estimate of drug-likeness (QED) is 0.116. The smallest absolute Gasteiger partial charge is 0.379 e. The van der Waals surface area contributed by atoms with Crippen LogP contribution < -0.4 is 10.6 Å². The van der Waals surface area contributed by atoms with Crippen LogP contribution >= 0.6 is 0 Å². The molecule has 0 saturated heterocycles. The zero-order valence-electron chi connectivity index (χ0n) is 28.4. The number of nitrogens with one attached hydrogen (secondary N) is 2. The highest BCUT2D eigenvalue weighted by molar-refractivity contribution is 5.95. The molecule has 4 nitrogen and oxygen atoms in total. The van der Waals surface area contributed by atoms with Crippen molar-refractivity contribution in [2.45, 2.75) is 39.3 Å². The molecule has 0 spiro atoms. The van der Waals surface area contributed by atoms with E-state index in [1.54, 1.807) is 18.2 Å². The molecule has 2 heterocycles. The van der Waals surface area contributed by atoms with Crippen LogP contribution in [0.15, 0.2) is 146 Å². The molecule has 2 N–H and O–H groups in total. The van der Waals surface area contributed by atoms with Gasteiger partial charge in [-0.1, -0.05) is 91.0 Å². The fourth-order valence-electron chi connectivity index (χ4n) is 5.30. The van der Waals surface area contributed by atoms with Crippen LogP contribution in [0.25, 0.3) is 27.6 Å². The van der Waals surface area contributed by atoms with Crippen molar-refractivity contribution in [2.75, 3.05) is 10.6 Å². The van der Waals surface area contributed by atoms with Gasteiger partial charge in [0.1, 0.15) is 0 Å². The molecule has 0 unspecified atom stereocenters. The molecule has 0 fully saturated rings. The zero-order chi connectivity index (χ0) is 37.1. The van der Waals surface area contributed by atoms with Gasteiger partial charge in [0.15, 0.2) is 0 Å². The van der Waals surface area contributed by atoms with Crippen LogP contribution in [0.3, 0.4) is 0 Å². The van der Waals surface area contributed by atoms with E-state index in [1.165, 1.54) is 5.57 Å². The Morgan fingerprint density at radius 2 is 1.19 bits per heavy atom. The number of benzene rings is 4. The summed E-state index contributed by atoms with van der Waals surface area (Å²) in [6.07, 6.45) is -3.67. The molecule has 10 heteroatoms. The first-order valence-corrected chi connectivity index (χ1v) is 16.4. The van der Waals surface area contributed by atoms with Gasteiger partial charge in [0.05, 0.1) is 47.0 Å². The Morgan fingerprint density at radius 1 is 0.615 bits per heavy atom. The second kappa shape index (κ2) is 16.9. The fraction of sp³-hybridized carbons (Fsp3) is 0.143. The van der Waals surface area contributed by atoms with Gasteiger partial charge in [-0.3, -0.25) is 9.97 Å². The molecule has 0 aliphatic rings. The standard InChI is InChI=1S/C24H16F6N2.C18H20N2/c25-23(26,27)16-11-17(24(28,29)30)13-19(12-16)31-14-18-7-4-10-22(32-18)21-9-3-6-15-5-1-2-8-20(15)21;1-3-4-9-15(2)18-13-8-12-17(20-18)14-19-16-10-6-5-7-11-16/h1-13,31H,14H2;3-13,19H,14H2,1-2H3/b;4-3-,15-9+. The Bertz CT molecular complexity index is 2120. The summed E-state index contributed by atoms with van der Waals surface area (Å²) >= 11 is 0. The number of aromatic nitrogens is 2. The molecular weight excluding hydrogens is 674 g/mol. The highest BCUT2D eigenvalue weighted by Gasteiger charge is 2.37. The lowest BCUT2D eigenvalue weighted by molar-refractivity contribution is -0.143. The minimum absolute atomic E-state index is 0.0444. The normalized spacial score (nSPS) is 12.0. The van der Waals surface area contributed by atoms with E-state index in [9.17, 15) is 26.3 Å². The highest BCUT2D eigenvalue weighted by atomic mass is 19.4. The SMILES string of the molecule is C/C=C\C=C(/C)c1cccc(CNc2ccccc2)n1.FC(F)(F)c1cc(NCc2cccc(-c3cccc4ccccc34)n2)cc(C(F)(F)F)c1. The topological polar surface area (TPSA) is 49.8 Å². The molecule has 0 aliphatic carbocycles. The van der Waals surface area contributed by atoms with Gasteiger partial charge in [0.2, 0.25) is 0 Å². The van der Waals surface area contributed by atoms with Crippen molar-refractivity contribution in [3.8, 4) is 11.3 Å². The number of alkyl halides is 6. The van der Waals surface area contributed by atoms with Gasteiger partial charge in [0, 0.05) is 16.9 Å². The number of hydrogen-bond acceptors (Lipinski definition) is 4. The van der Waals surface area contributed by atoms with Crippen molar-refractivity contribution in [3.05, 3.63) is 174 Å². The van der Waals surface area contributed by atoms with Crippen molar-refractivity contribution in [1.29, 1.82) is 0 Å². The third-order valence-electron chi connectivity index (χ3n) is 7.93. The monoisotopic (exact) mass is 710 g/mol.